The fourth-order valence-corrected chi connectivity index (χ4v) is 6.88. The van der Waals surface area contributed by atoms with Gasteiger partial charge in [0.25, 0.3) is 5.91 Å². The third kappa shape index (κ3) is 5.17. The van der Waals surface area contributed by atoms with E-state index >= 15 is 0 Å². The molecule has 7 nitrogen and oxygen atoms in total. The van der Waals surface area contributed by atoms with Gasteiger partial charge in [-0.15, -0.1) is 0 Å². The maximum Gasteiger partial charge on any atom is 0.260 e. The van der Waals surface area contributed by atoms with Gasteiger partial charge in [0.15, 0.2) is 5.13 Å². The van der Waals surface area contributed by atoms with E-state index in [2.05, 4.69) is 6.92 Å². The van der Waals surface area contributed by atoms with Crippen LogP contribution in [0, 0.1) is 12.8 Å². The highest BCUT2D eigenvalue weighted by molar-refractivity contribution is 7.89. The predicted molar refractivity (Wildman–Crippen MR) is 138 cm³/mol. The first-order valence-corrected chi connectivity index (χ1v) is 13.9. The van der Waals surface area contributed by atoms with Gasteiger partial charge in [-0.2, -0.15) is 4.31 Å². The highest BCUT2D eigenvalue weighted by Gasteiger charge is 2.29. The molecule has 0 bridgehead atoms. The van der Waals surface area contributed by atoms with Crippen molar-refractivity contribution in [3.05, 3.63) is 53.6 Å². The standard InChI is InChI=1S/C25H32N4O3S2/c1-18-7-6-14-28(17-18)34(31,32)21-12-10-20(11-13-21)24(30)29(16-15-27(3)4)25-26-23-19(2)8-5-9-22(23)33-25/h5,8-13,18H,6-7,14-17H2,1-4H3. The van der Waals surface area contributed by atoms with Crippen LogP contribution in [0.15, 0.2) is 47.4 Å². The van der Waals surface area contributed by atoms with Crippen LogP contribution in [0.1, 0.15) is 35.7 Å². The number of fused-ring (bicyclic) bond motifs is 1. The van der Waals surface area contributed by atoms with E-state index in [-0.39, 0.29) is 10.8 Å². The Balaban J connectivity index is 1.61. The summed E-state index contributed by atoms with van der Waals surface area (Å²) in [6, 6.07) is 12.4. The lowest BCUT2D eigenvalue weighted by atomic mass is 10.0. The number of aryl methyl sites for hydroxylation is 1. The summed E-state index contributed by atoms with van der Waals surface area (Å²) in [5.41, 5.74) is 2.42. The van der Waals surface area contributed by atoms with E-state index in [1.807, 2.05) is 44.1 Å². The molecule has 3 aromatic rings. The van der Waals surface area contributed by atoms with Gasteiger partial charge in [-0.25, -0.2) is 13.4 Å². The first-order valence-electron chi connectivity index (χ1n) is 11.6. The highest BCUT2D eigenvalue weighted by Crippen LogP contribution is 2.31. The lowest BCUT2D eigenvalue weighted by Crippen LogP contribution is -2.39. The second kappa shape index (κ2) is 10.1. The van der Waals surface area contributed by atoms with E-state index in [0.717, 1.165) is 28.6 Å². The topological polar surface area (TPSA) is 73.8 Å². The molecular weight excluding hydrogens is 468 g/mol. The maximum atomic E-state index is 13.5. The zero-order chi connectivity index (χ0) is 24.5. The number of anilines is 1. The molecule has 1 saturated heterocycles. The number of piperidine rings is 1. The Morgan fingerprint density at radius 3 is 2.53 bits per heavy atom. The molecule has 1 aromatic heterocycles. The number of hydrogen-bond acceptors (Lipinski definition) is 6. The molecule has 1 unspecified atom stereocenters. The number of aromatic nitrogens is 1. The minimum Gasteiger partial charge on any atom is -0.308 e. The molecule has 1 aliphatic rings. The van der Waals surface area contributed by atoms with Crippen molar-refractivity contribution in [1.82, 2.24) is 14.2 Å². The second-order valence-corrected chi connectivity index (χ2v) is 12.3. The number of benzene rings is 2. The Morgan fingerprint density at radius 2 is 1.88 bits per heavy atom. The van der Waals surface area contributed by atoms with Crippen LogP contribution in [-0.2, 0) is 10.0 Å². The average Bonchev–Trinajstić information content (AvgIpc) is 3.24. The van der Waals surface area contributed by atoms with Crippen molar-refractivity contribution in [2.75, 3.05) is 45.2 Å². The normalized spacial score (nSPS) is 17.4. The van der Waals surface area contributed by atoms with Gasteiger partial charge >= 0.3 is 0 Å². The van der Waals surface area contributed by atoms with E-state index in [1.165, 1.54) is 11.3 Å². The summed E-state index contributed by atoms with van der Waals surface area (Å²) in [5.74, 6) is 0.168. The van der Waals surface area contributed by atoms with Crippen LogP contribution in [0.4, 0.5) is 5.13 Å². The Morgan fingerprint density at radius 1 is 1.15 bits per heavy atom. The van der Waals surface area contributed by atoms with Gasteiger partial charge in [0.05, 0.1) is 15.1 Å². The van der Waals surface area contributed by atoms with Gasteiger partial charge in [0.2, 0.25) is 10.0 Å². The SMILES string of the molecule is Cc1cccc2sc(N(CCN(C)C)C(=O)c3ccc(S(=O)(=O)N4CCCC(C)C4)cc3)nc12. The minimum absolute atomic E-state index is 0.186. The van der Waals surface area contributed by atoms with Gasteiger partial charge in [-0.1, -0.05) is 30.4 Å². The summed E-state index contributed by atoms with van der Waals surface area (Å²) in [7, 11) is 0.367. The smallest absolute Gasteiger partial charge is 0.260 e. The van der Waals surface area contributed by atoms with Crippen LogP contribution in [-0.4, -0.2) is 68.8 Å². The fourth-order valence-electron chi connectivity index (χ4n) is 4.21. The molecule has 0 N–H and O–H groups in total. The van der Waals surface area contributed by atoms with Crippen molar-refractivity contribution in [1.29, 1.82) is 0 Å². The van der Waals surface area contributed by atoms with E-state index in [9.17, 15) is 13.2 Å². The molecule has 0 saturated carbocycles. The molecule has 4 rings (SSSR count). The quantitative estimate of drug-likeness (QED) is 0.485. The molecule has 2 heterocycles. The zero-order valence-electron chi connectivity index (χ0n) is 20.2. The molecule has 1 fully saturated rings. The largest absolute Gasteiger partial charge is 0.308 e. The molecule has 0 aliphatic carbocycles. The van der Waals surface area contributed by atoms with Gasteiger partial charge in [0.1, 0.15) is 0 Å². The number of thiazole rings is 1. The van der Waals surface area contributed by atoms with Crippen LogP contribution in [0.3, 0.4) is 0 Å². The number of likely N-dealkylation sites (N-methyl/N-ethyl adjacent to an activating group) is 1. The average molecular weight is 501 g/mol. The number of nitrogens with zero attached hydrogens (tertiary/aromatic N) is 4. The zero-order valence-corrected chi connectivity index (χ0v) is 21.8. The van der Waals surface area contributed by atoms with Crippen molar-refractivity contribution in [3.63, 3.8) is 0 Å². The van der Waals surface area contributed by atoms with Crippen molar-refractivity contribution >= 4 is 42.6 Å². The molecule has 1 atom stereocenters. The van der Waals surface area contributed by atoms with Gasteiger partial charge in [-0.05, 0) is 75.7 Å². The first-order chi connectivity index (χ1) is 16.2. The van der Waals surface area contributed by atoms with E-state index in [4.69, 9.17) is 4.98 Å². The Hall–Kier alpha value is -2.33. The molecule has 9 heteroatoms. The van der Waals surface area contributed by atoms with Crippen molar-refractivity contribution in [2.45, 2.75) is 31.6 Å². The van der Waals surface area contributed by atoms with Crippen molar-refractivity contribution in [3.8, 4) is 0 Å². The molecule has 0 spiro atoms. The Kier molecular flexibility index (Phi) is 7.37. The number of rotatable bonds is 7. The Bertz CT molecular complexity index is 1270. The predicted octanol–water partition coefficient (Wildman–Crippen LogP) is 4.23. The van der Waals surface area contributed by atoms with E-state index in [1.54, 1.807) is 33.5 Å². The third-order valence-electron chi connectivity index (χ3n) is 6.22. The number of carbonyl (C=O) groups is 1. The Labute approximate surface area is 206 Å². The third-order valence-corrected chi connectivity index (χ3v) is 9.14. The molecular formula is C25H32N4O3S2. The first kappa shape index (κ1) is 24.8. The summed E-state index contributed by atoms with van der Waals surface area (Å²) >= 11 is 1.49. The number of sulfonamides is 1. The van der Waals surface area contributed by atoms with Crippen LogP contribution >= 0.6 is 11.3 Å². The number of hydrogen-bond donors (Lipinski definition) is 0. The van der Waals surface area contributed by atoms with Crippen LogP contribution in [0.2, 0.25) is 0 Å². The van der Waals surface area contributed by atoms with E-state index in [0.29, 0.717) is 42.8 Å². The van der Waals surface area contributed by atoms with Gasteiger partial charge in [-0.3, -0.25) is 9.69 Å². The second-order valence-electron chi connectivity index (χ2n) is 9.31. The number of amides is 1. The summed E-state index contributed by atoms with van der Waals surface area (Å²) in [4.78, 5) is 22.3. The van der Waals surface area contributed by atoms with Crippen molar-refractivity contribution in [2.24, 2.45) is 5.92 Å². The molecule has 0 radical (unpaired) electrons. The molecule has 1 aliphatic heterocycles. The van der Waals surface area contributed by atoms with E-state index < -0.39 is 10.0 Å². The monoisotopic (exact) mass is 500 g/mol. The van der Waals surface area contributed by atoms with Gasteiger partial charge < -0.3 is 4.90 Å². The lowest BCUT2D eigenvalue weighted by molar-refractivity contribution is 0.0985. The highest BCUT2D eigenvalue weighted by atomic mass is 32.2. The van der Waals surface area contributed by atoms with Gasteiger partial charge in [0, 0.05) is 31.7 Å². The molecule has 182 valence electrons. The molecule has 34 heavy (non-hydrogen) atoms. The number of para-hydroxylation sites is 1. The van der Waals surface area contributed by atoms with Crippen molar-refractivity contribution < 1.29 is 13.2 Å². The summed E-state index contributed by atoms with van der Waals surface area (Å²) in [6.07, 6.45) is 1.92. The van der Waals surface area contributed by atoms with Crippen LogP contribution in [0.25, 0.3) is 10.2 Å². The maximum absolute atomic E-state index is 13.5. The van der Waals surface area contributed by atoms with Crippen LogP contribution in [0.5, 0.6) is 0 Å². The summed E-state index contributed by atoms with van der Waals surface area (Å²) in [6.45, 7) is 6.34. The lowest BCUT2D eigenvalue weighted by Gasteiger charge is -2.30. The number of carbonyl (C=O) groups excluding carboxylic acids is 1. The fraction of sp³-hybridized carbons (Fsp3) is 0.440. The summed E-state index contributed by atoms with van der Waals surface area (Å²) < 4.78 is 28.8. The minimum atomic E-state index is -3.56. The molecule has 1 amide bonds. The summed E-state index contributed by atoms with van der Waals surface area (Å²) in [5, 5.41) is 0.648. The molecule has 2 aromatic carbocycles. The van der Waals surface area contributed by atoms with Crippen LogP contribution < -0.4 is 4.90 Å².